The molecule has 1 N–H and O–H groups in total. The number of nitrogens with zero attached hydrogens (tertiary/aromatic N) is 1. The Morgan fingerprint density at radius 1 is 1.33 bits per heavy atom. The average Bonchev–Trinajstić information content (AvgIpc) is 2.48. The lowest BCUT2D eigenvalue weighted by Gasteiger charge is -2.32. The molecule has 0 aromatic heterocycles. The SMILES string of the molecule is Cc1ccc(C(=O)N2CCC(OCCCO)CC2)c(C)c1. The number of ether oxygens (including phenoxy) is 1. The monoisotopic (exact) mass is 291 g/mol. The predicted octanol–water partition coefficient (Wildman–Crippen LogP) is 2.31. The molecule has 1 aliphatic heterocycles. The number of carbonyl (C=O) groups excluding carboxylic acids is 1. The maximum atomic E-state index is 12.6. The third-order valence-electron chi connectivity index (χ3n) is 4.00. The zero-order chi connectivity index (χ0) is 15.2. The highest BCUT2D eigenvalue weighted by Gasteiger charge is 2.24. The van der Waals surface area contributed by atoms with Crippen LogP contribution in [0.4, 0.5) is 0 Å². The fourth-order valence-electron chi connectivity index (χ4n) is 2.76. The second kappa shape index (κ2) is 7.57. The molecular weight excluding hydrogens is 266 g/mol. The van der Waals surface area contributed by atoms with E-state index in [1.165, 1.54) is 5.56 Å². The fraction of sp³-hybridized carbons (Fsp3) is 0.588. The molecule has 0 radical (unpaired) electrons. The van der Waals surface area contributed by atoms with Gasteiger partial charge in [0.2, 0.25) is 0 Å². The summed E-state index contributed by atoms with van der Waals surface area (Å²) in [6.07, 6.45) is 2.66. The van der Waals surface area contributed by atoms with Gasteiger partial charge in [-0.1, -0.05) is 17.7 Å². The summed E-state index contributed by atoms with van der Waals surface area (Å²) in [4.78, 5) is 14.5. The normalized spacial score (nSPS) is 16.2. The molecule has 1 aromatic rings. The van der Waals surface area contributed by atoms with Crippen LogP contribution >= 0.6 is 0 Å². The van der Waals surface area contributed by atoms with Crippen LogP contribution in [-0.4, -0.2) is 48.3 Å². The first kappa shape index (κ1) is 16.0. The zero-order valence-electron chi connectivity index (χ0n) is 13.0. The van der Waals surface area contributed by atoms with E-state index in [1.54, 1.807) is 0 Å². The molecule has 0 aliphatic carbocycles. The van der Waals surface area contributed by atoms with Crippen LogP contribution in [0.5, 0.6) is 0 Å². The van der Waals surface area contributed by atoms with E-state index in [0.717, 1.165) is 37.1 Å². The Bertz CT molecular complexity index is 479. The van der Waals surface area contributed by atoms with Crippen LogP contribution in [0, 0.1) is 13.8 Å². The minimum atomic E-state index is 0.126. The van der Waals surface area contributed by atoms with E-state index < -0.39 is 0 Å². The van der Waals surface area contributed by atoms with E-state index in [1.807, 2.05) is 30.9 Å². The third-order valence-corrected chi connectivity index (χ3v) is 4.00. The quantitative estimate of drug-likeness (QED) is 0.847. The van der Waals surface area contributed by atoms with Gasteiger partial charge in [-0.15, -0.1) is 0 Å². The summed E-state index contributed by atoms with van der Waals surface area (Å²) < 4.78 is 5.70. The van der Waals surface area contributed by atoms with Crippen LogP contribution in [0.1, 0.15) is 40.7 Å². The molecule has 1 aliphatic rings. The van der Waals surface area contributed by atoms with Crippen molar-refractivity contribution in [1.82, 2.24) is 4.90 Å². The highest BCUT2D eigenvalue weighted by Crippen LogP contribution is 2.19. The van der Waals surface area contributed by atoms with Crippen molar-refractivity contribution in [3.8, 4) is 0 Å². The van der Waals surface area contributed by atoms with E-state index in [9.17, 15) is 4.79 Å². The van der Waals surface area contributed by atoms with E-state index in [-0.39, 0.29) is 18.6 Å². The van der Waals surface area contributed by atoms with Gasteiger partial charge in [0, 0.05) is 31.9 Å². The number of aliphatic hydroxyl groups excluding tert-OH is 1. The molecule has 0 atom stereocenters. The van der Waals surface area contributed by atoms with Gasteiger partial charge >= 0.3 is 0 Å². The number of carbonyl (C=O) groups is 1. The van der Waals surface area contributed by atoms with Crippen molar-refractivity contribution in [3.05, 3.63) is 34.9 Å². The van der Waals surface area contributed by atoms with E-state index in [4.69, 9.17) is 9.84 Å². The van der Waals surface area contributed by atoms with Crippen molar-refractivity contribution >= 4 is 5.91 Å². The maximum Gasteiger partial charge on any atom is 0.254 e. The molecule has 1 amide bonds. The van der Waals surface area contributed by atoms with E-state index in [0.29, 0.717) is 13.0 Å². The molecule has 4 nitrogen and oxygen atoms in total. The molecule has 1 saturated heterocycles. The minimum Gasteiger partial charge on any atom is -0.396 e. The number of rotatable bonds is 5. The Kier molecular flexibility index (Phi) is 5.76. The van der Waals surface area contributed by atoms with Crippen LogP contribution in [0.3, 0.4) is 0 Å². The number of benzene rings is 1. The Hall–Kier alpha value is -1.39. The topological polar surface area (TPSA) is 49.8 Å². The fourth-order valence-corrected chi connectivity index (χ4v) is 2.76. The molecule has 4 heteroatoms. The molecule has 0 unspecified atom stereocenters. The summed E-state index contributed by atoms with van der Waals surface area (Å²) in [7, 11) is 0. The zero-order valence-corrected chi connectivity index (χ0v) is 13.0. The molecule has 21 heavy (non-hydrogen) atoms. The van der Waals surface area contributed by atoms with Gasteiger partial charge in [0.25, 0.3) is 5.91 Å². The molecule has 1 aromatic carbocycles. The van der Waals surface area contributed by atoms with Crippen molar-refractivity contribution in [1.29, 1.82) is 0 Å². The maximum absolute atomic E-state index is 12.6. The second-order valence-electron chi connectivity index (χ2n) is 5.76. The number of hydrogen-bond acceptors (Lipinski definition) is 3. The first-order valence-corrected chi connectivity index (χ1v) is 7.71. The van der Waals surface area contributed by atoms with Crippen LogP contribution in [0.15, 0.2) is 18.2 Å². The van der Waals surface area contributed by atoms with Gasteiger partial charge in [-0.3, -0.25) is 4.79 Å². The van der Waals surface area contributed by atoms with Gasteiger partial charge in [0.1, 0.15) is 0 Å². The number of amides is 1. The lowest BCUT2D eigenvalue weighted by molar-refractivity contribution is 0.00396. The number of hydrogen-bond donors (Lipinski definition) is 1. The second-order valence-corrected chi connectivity index (χ2v) is 5.76. The van der Waals surface area contributed by atoms with Crippen molar-refractivity contribution in [2.24, 2.45) is 0 Å². The first-order valence-electron chi connectivity index (χ1n) is 7.71. The van der Waals surface area contributed by atoms with Gasteiger partial charge in [-0.25, -0.2) is 0 Å². The Morgan fingerprint density at radius 3 is 2.67 bits per heavy atom. The molecule has 0 spiro atoms. The molecule has 116 valence electrons. The standard InChI is InChI=1S/C17H25NO3/c1-13-4-5-16(14(2)12-13)17(20)18-8-6-15(7-9-18)21-11-3-10-19/h4-5,12,15,19H,3,6-11H2,1-2H3. The molecular formula is C17H25NO3. The van der Waals surface area contributed by atoms with Gasteiger partial charge < -0.3 is 14.7 Å². The summed E-state index contributed by atoms with van der Waals surface area (Å²) in [6, 6.07) is 5.97. The van der Waals surface area contributed by atoms with Crippen LogP contribution in [0.2, 0.25) is 0 Å². The summed E-state index contributed by atoms with van der Waals surface area (Å²) in [5, 5.41) is 8.75. The van der Waals surface area contributed by atoms with Crippen molar-refractivity contribution in [2.75, 3.05) is 26.3 Å². The lowest BCUT2D eigenvalue weighted by atomic mass is 10.0. The number of aliphatic hydroxyl groups is 1. The summed E-state index contributed by atoms with van der Waals surface area (Å²) in [5.74, 6) is 0.126. The highest BCUT2D eigenvalue weighted by molar-refractivity contribution is 5.95. The van der Waals surface area contributed by atoms with Gasteiger partial charge in [0.05, 0.1) is 6.10 Å². The Balaban J connectivity index is 1.88. The van der Waals surface area contributed by atoms with Crippen molar-refractivity contribution in [2.45, 2.75) is 39.2 Å². The summed E-state index contributed by atoms with van der Waals surface area (Å²) in [6.45, 7) is 6.30. The van der Waals surface area contributed by atoms with Crippen LogP contribution in [0.25, 0.3) is 0 Å². The number of aryl methyl sites for hydroxylation is 2. The largest absolute Gasteiger partial charge is 0.396 e. The molecule has 0 bridgehead atoms. The number of piperidine rings is 1. The van der Waals surface area contributed by atoms with E-state index >= 15 is 0 Å². The molecule has 0 saturated carbocycles. The molecule has 2 rings (SSSR count). The molecule has 1 fully saturated rings. The smallest absolute Gasteiger partial charge is 0.254 e. The third kappa shape index (κ3) is 4.29. The summed E-state index contributed by atoms with van der Waals surface area (Å²) in [5.41, 5.74) is 3.03. The minimum absolute atomic E-state index is 0.126. The molecule has 1 heterocycles. The Labute approximate surface area is 126 Å². The van der Waals surface area contributed by atoms with Crippen molar-refractivity contribution < 1.29 is 14.6 Å². The van der Waals surface area contributed by atoms with Gasteiger partial charge in [-0.2, -0.15) is 0 Å². The first-order chi connectivity index (χ1) is 10.1. The highest BCUT2D eigenvalue weighted by atomic mass is 16.5. The Morgan fingerprint density at radius 2 is 2.05 bits per heavy atom. The van der Waals surface area contributed by atoms with Gasteiger partial charge in [-0.05, 0) is 44.7 Å². The lowest BCUT2D eigenvalue weighted by Crippen LogP contribution is -2.41. The van der Waals surface area contributed by atoms with Gasteiger partial charge in [0.15, 0.2) is 0 Å². The predicted molar refractivity (Wildman–Crippen MR) is 82.5 cm³/mol. The van der Waals surface area contributed by atoms with Crippen LogP contribution < -0.4 is 0 Å². The van der Waals surface area contributed by atoms with Crippen LogP contribution in [-0.2, 0) is 4.74 Å². The number of likely N-dealkylation sites (tertiary alicyclic amines) is 1. The average molecular weight is 291 g/mol. The summed E-state index contributed by atoms with van der Waals surface area (Å²) >= 11 is 0. The van der Waals surface area contributed by atoms with E-state index in [2.05, 4.69) is 6.07 Å². The van der Waals surface area contributed by atoms with Crippen molar-refractivity contribution in [3.63, 3.8) is 0 Å².